The first-order chi connectivity index (χ1) is 7.18. The fraction of sp³-hybridized carbons (Fsp3) is 0.143. The van der Waals surface area contributed by atoms with Crippen LogP contribution in [0.25, 0.3) is 11.1 Å². The van der Waals surface area contributed by atoms with E-state index in [2.05, 4.69) is 65.6 Å². The topological polar surface area (TPSA) is 0 Å². The summed E-state index contributed by atoms with van der Waals surface area (Å²) in [6.07, 6.45) is 0. The molecular weight excluding hydrogens is 199 g/mol. The fourth-order valence-electron chi connectivity index (χ4n) is 1.74. The first kappa shape index (κ1) is 10.4. The van der Waals surface area contributed by atoms with Gasteiger partial charge in [0.2, 0.25) is 0 Å². The number of hydrogen-bond acceptors (Lipinski definition) is 0. The minimum Gasteiger partial charge on any atom is -0.105 e. The van der Waals surface area contributed by atoms with Gasteiger partial charge in [0.05, 0.1) is 0 Å². The van der Waals surface area contributed by atoms with Gasteiger partial charge in [0.15, 0.2) is 0 Å². The average Bonchev–Trinajstić information content (AvgIpc) is 2.23. The highest BCUT2D eigenvalue weighted by Gasteiger charge is 2.01. The van der Waals surface area contributed by atoms with E-state index in [4.69, 9.17) is 0 Å². The van der Waals surface area contributed by atoms with Crippen LogP contribution in [0.4, 0.5) is 0 Å². The van der Waals surface area contributed by atoms with Crippen molar-refractivity contribution in [3.8, 4) is 11.1 Å². The minimum absolute atomic E-state index is 1.27. The summed E-state index contributed by atoms with van der Waals surface area (Å²) in [6.45, 7) is 4.30. The third kappa shape index (κ3) is 2.11. The maximum Gasteiger partial charge on any atom is -0.0155 e. The molecule has 0 saturated heterocycles. The number of hydrogen-bond donors (Lipinski definition) is 0. The van der Waals surface area contributed by atoms with E-state index >= 15 is 0 Å². The minimum atomic E-state index is 1.27. The monoisotopic (exact) mass is 214 g/mol. The molecule has 2 aromatic carbocycles. The molecule has 0 saturated carbocycles. The summed E-state index contributed by atoms with van der Waals surface area (Å²) in [7, 11) is 2.76. The Morgan fingerprint density at radius 3 is 2.27 bits per heavy atom. The summed E-state index contributed by atoms with van der Waals surface area (Å²) in [5, 5.41) is 1.27. The largest absolute Gasteiger partial charge is 0.105 e. The molecule has 0 heterocycles. The molecule has 2 aromatic rings. The van der Waals surface area contributed by atoms with Crippen LogP contribution in [0.2, 0.25) is 0 Å². The molecule has 0 fully saturated rings. The molecule has 0 aliphatic heterocycles. The Morgan fingerprint density at radius 2 is 1.60 bits per heavy atom. The van der Waals surface area contributed by atoms with Crippen LogP contribution < -0.4 is 5.30 Å². The van der Waals surface area contributed by atoms with E-state index in [1.54, 1.807) is 0 Å². The SMILES string of the molecule is Cc1cc(-c2ccccc2C)ccc1P. The van der Waals surface area contributed by atoms with Gasteiger partial charge in [0, 0.05) is 0 Å². The van der Waals surface area contributed by atoms with Gasteiger partial charge < -0.3 is 0 Å². The highest BCUT2D eigenvalue weighted by molar-refractivity contribution is 7.27. The van der Waals surface area contributed by atoms with E-state index in [0.717, 1.165) is 0 Å². The maximum atomic E-state index is 2.76. The zero-order valence-electron chi connectivity index (χ0n) is 9.12. The van der Waals surface area contributed by atoms with E-state index in [1.807, 2.05) is 0 Å². The summed E-state index contributed by atoms with van der Waals surface area (Å²) >= 11 is 0. The second-order valence-electron chi connectivity index (χ2n) is 3.89. The summed E-state index contributed by atoms with van der Waals surface area (Å²) < 4.78 is 0. The molecule has 0 aliphatic carbocycles. The predicted octanol–water partition coefficient (Wildman–Crippen LogP) is 3.47. The van der Waals surface area contributed by atoms with Gasteiger partial charge >= 0.3 is 0 Å². The van der Waals surface area contributed by atoms with Crippen molar-refractivity contribution >= 4 is 14.5 Å². The van der Waals surface area contributed by atoms with Crippen molar-refractivity contribution in [1.29, 1.82) is 0 Å². The van der Waals surface area contributed by atoms with Crippen LogP contribution in [0.15, 0.2) is 42.5 Å². The van der Waals surface area contributed by atoms with Crippen molar-refractivity contribution in [3.63, 3.8) is 0 Å². The molecule has 0 spiro atoms. The van der Waals surface area contributed by atoms with Gasteiger partial charge in [-0.2, -0.15) is 0 Å². The van der Waals surface area contributed by atoms with Gasteiger partial charge in [-0.1, -0.05) is 42.5 Å². The van der Waals surface area contributed by atoms with E-state index < -0.39 is 0 Å². The second kappa shape index (κ2) is 4.16. The van der Waals surface area contributed by atoms with Crippen LogP contribution >= 0.6 is 9.24 Å². The fourth-order valence-corrected chi connectivity index (χ4v) is 1.92. The van der Waals surface area contributed by atoms with E-state index in [-0.39, 0.29) is 0 Å². The third-order valence-electron chi connectivity index (χ3n) is 2.73. The molecule has 0 nitrogen and oxygen atoms in total. The van der Waals surface area contributed by atoms with Crippen LogP contribution in [-0.4, -0.2) is 0 Å². The highest BCUT2D eigenvalue weighted by atomic mass is 31.0. The molecule has 2 rings (SSSR count). The van der Waals surface area contributed by atoms with Crippen LogP contribution in [0, 0.1) is 13.8 Å². The quantitative estimate of drug-likeness (QED) is 0.638. The molecule has 0 amide bonds. The first-order valence-corrected chi connectivity index (χ1v) is 5.68. The number of aryl methyl sites for hydroxylation is 2. The summed E-state index contributed by atoms with van der Waals surface area (Å²) in [5.74, 6) is 0. The zero-order chi connectivity index (χ0) is 10.8. The Balaban J connectivity index is 2.55. The molecule has 0 N–H and O–H groups in total. The Kier molecular flexibility index (Phi) is 2.88. The van der Waals surface area contributed by atoms with Crippen molar-refractivity contribution in [3.05, 3.63) is 53.6 Å². The molecule has 0 radical (unpaired) electrons. The van der Waals surface area contributed by atoms with Crippen molar-refractivity contribution in [2.45, 2.75) is 13.8 Å². The van der Waals surface area contributed by atoms with Crippen LogP contribution in [0.1, 0.15) is 11.1 Å². The lowest BCUT2D eigenvalue weighted by atomic mass is 9.99. The summed E-state index contributed by atoms with van der Waals surface area (Å²) in [4.78, 5) is 0. The van der Waals surface area contributed by atoms with Gasteiger partial charge in [-0.25, -0.2) is 0 Å². The van der Waals surface area contributed by atoms with Gasteiger partial charge in [0.25, 0.3) is 0 Å². The van der Waals surface area contributed by atoms with E-state index in [0.29, 0.717) is 0 Å². The van der Waals surface area contributed by atoms with Gasteiger partial charge in [-0.3, -0.25) is 0 Å². The third-order valence-corrected chi connectivity index (χ3v) is 3.37. The Hall–Kier alpha value is -1.13. The molecular formula is C14H15P. The molecule has 0 aliphatic rings. The lowest BCUT2D eigenvalue weighted by Crippen LogP contribution is -1.96. The van der Waals surface area contributed by atoms with Gasteiger partial charge in [0.1, 0.15) is 0 Å². The standard InChI is InChI=1S/C14H15P/c1-10-5-3-4-6-13(10)12-7-8-14(15)11(2)9-12/h3-9H,15H2,1-2H3. The molecule has 0 bridgehead atoms. The predicted molar refractivity (Wildman–Crippen MR) is 70.7 cm³/mol. The van der Waals surface area contributed by atoms with Crippen LogP contribution in [0.3, 0.4) is 0 Å². The van der Waals surface area contributed by atoms with E-state index in [9.17, 15) is 0 Å². The Labute approximate surface area is 93.5 Å². The van der Waals surface area contributed by atoms with Crippen molar-refractivity contribution < 1.29 is 0 Å². The van der Waals surface area contributed by atoms with Gasteiger partial charge in [-0.15, -0.1) is 9.24 Å². The maximum absolute atomic E-state index is 2.76. The molecule has 1 atom stereocenters. The van der Waals surface area contributed by atoms with Crippen LogP contribution in [-0.2, 0) is 0 Å². The highest BCUT2D eigenvalue weighted by Crippen LogP contribution is 2.23. The Morgan fingerprint density at radius 1 is 0.867 bits per heavy atom. The van der Waals surface area contributed by atoms with Crippen molar-refractivity contribution in [2.24, 2.45) is 0 Å². The average molecular weight is 214 g/mol. The molecule has 15 heavy (non-hydrogen) atoms. The molecule has 76 valence electrons. The van der Waals surface area contributed by atoms with Crippen LogP contribution in [0.5, 0.6) is 0 Å². The van der Waals surface area contributed by atoms with E-state index in [1.165, 1.54) is 27.6 Å². The summed E-state index contributed by atoms with van der Waals surface area (Å²) in [5.41, 5.74) is 5.27. The van der Waals surface area contributed by atoms with Gasteiger partial charge in [-0.05, 0) is 41.4 Å². The van der Waals surface area contributed by atoms with Crippen molar-refractivity contribution in [1.82, 2.24) is 0 Å². The molecule has 1 heteroatoms. The lowest BCUT2D eigenvalue weighted by molar-refractivity contribution is 1.44. The first-order valence-electron chi connectivity index (χ1n) is 5.10. The molecule has 0 aromatic heterocycles. The number of benzene rings is 2. The number of rotatable bonds is 1. The normalized spacial score (nSPS) is 10.3. The van der Waals surface area contributed by atoms with Crippen molar-refractivity contribution in [2.75, 3.05) is 0 Å². The summed E-state index contributed by atoms with van der Waals surface area (Å²) in [6, 6.07) is 15.1. The lowest BCUT2D eigenvalue weighted by Gasteiger charge is -2.08. The Bertz CT molecular complexity index is 486. The molecule has 1 unspecified atom stereocenters. The smallest absolute Gasteiger partial charge is 0.0155 e. The second-order valence-corrected chi connectivity index (χ2v) is 4.51. The zero-order valence-corrected chi connectivity index (χ0v) is 10.3.